The normalized spacial score (nSPS) is 21.7. The second kappa shape index (κ2) is 3.90. The average molecular weight is 231 g/mol. The van der Waals surface area contributed by atoms with E-state index in [9.17, 15) is 8.42 Å². The molecule has 1 fully saturated rings. The van der Waals surface area contributed by atoms with Crippen LogP contribution in [0.5, 0.6) is 0 Å². The Balaban J connectivity index is 2.14. The molecule has 6 nitrogen and oxygen atoms in total. The lowest BCUT2D eigenvalue weighted by molar-refractivity contribution is 0.297. The summed E-state index contributed by atoms with van der Waals surface area (Å²) in [4.78, 5) is 0. The maximum absolute atomic E-state index is 11.2. The molecule has 2 heterocycles. The molecule has 0 amide bonds. The molecule has 0 atom stereocenters. The summed E-state index contributed by atoms with van der Waals surface area (Å²) in [6.45, 7) is 0.280. The maximum Gasteiger partial charge on any atom is 0.150 e. The van der Waals surface area contributed by atoms with E-state index in [4.69, 9.17) is 5.73 Å². The van der Waals surface area contributed by atoms with Gasteiger partial charge in [0.15, 0.2) is 0 Å². The minimum Gasteiger partial charge on any atom is -0.325 e. The number of nitrogens with zero attached hydrogens (tertiary/aromatic N) is 2. The van der Waals surface area contributed by atoms with Gasteiger partial charge in [0.25, 0.3) is 0 Å². The van der Waals surface area contributed by atoms with E-state index in [-0.39, 0.29) is 24.0 Å². The molecule has 0 saturated carbocycles. The second-order valence-electron chi connectivity index (χ2n) is 3.73. The largest absolute Gasteiger partial charge is 0.325 e. The molecule has 7 heteroatoms. The van der Waals surface area contributed by atoms with Crippen LogP contribution in [-0.4, -0.2) is 30.2 Å². The van der Waals surface area contributed by atoms with Crippen LogP contribution in [0.4, 0.5) is 0 Å². The Hall–Kier alpha value is -0.950. The van der Waals surface area contributed by atoms with Gasteiger partial charge < -0.3 is 5.73 Å². The fourth-order valence-corrected chi connectivity index (χ4v) is 3.32. The molecule has 0 unspecified atom stereocenters. The van der Waals surface area contributed by atoms with Gasteiger partial charge in [-0.25, -0.2) is 13.0 Å². The topological polar surface area (TPSA) is 99.1 Å². The third-order valence-corrected chi connectivity index (χ3v) is 4.44. The summed E-state index contributed by atoms with van der Waals surface area (Å²) >= 11 is 0. The monoisotopic (exact) mass is 231 g/mol. The number of hydrogen-bond donors (Lipinski definition) is 1. The van der Waals surface area contributed by atoms with Gasteiger partial charge in [0.05, 0.1) is 11.5 Å². The van der Waals surface area contributed by atoms with Gasteiger partial charge in [-0.3, -0.25) is 0 Å². The van der Waals surface area contributed by atoms with E-state index in [1.54, 1.807) is 0 Å². The van der Waals surface area contributed by atoms with E-state index in [0.29, 0.717) is 18.5 Å². The van der Waals surface area contributed by atoms with Crippen LogP contribution in [0.15, 0.2) is 4.63 Å². The summed E-state index contributed by atoms with van der Waals surface area (Å²) < 4.78 is 27.1. The molecule has 1 aliphatic rings. The van der Waals surface area contributed by atoms with E-state index in [0.717, 1.165) is 5.69 Å². The van der Waals surface area contributed by atoms with Crippen molar-refractivity contribution in [3.05, 3.63) is 11.4 Å². The predicted molar refractivity (Wildman–Crippen MR) is 52.8 cm³/mol. The van der Waals surface area contributed by atoms with Crippen molar-refractivity contribution < 1.29 is 13.0 Å². The first-order chi connectivity index (χ1) is 7.12. The average Bonchev–Trinajstić information content (AvgIpc) is 2.65. The van der Waals surface area contributed by atoms with Crippen LogP contribution >= 0.6 is 0 Å². The van der Waals surface area contributed by atoms with Gasteiger partial charge in [0, 0.05) is 12.5 Å². The van der Waals surface area contributed by atoms with Crippen LogP contribution in [0.25, 0.3) is 0 Å². The molecule has 0 aliphatic carbocycles. The van der Waals surface area contributed by atoms with Crippen LogP contribution in [0.1, 0.15) is 30.1 Å². The number of hydrogen-bond acceptors (Lipinski definition) is 6. The summed E-state index contributed by atoms with van der Waals surface area (Å²) in [6.07, 6.45) is 1.17. The number of rotatable bonds is 2. The van der Waals surface area contributed by atoms with E-state index < -0.39 is 9.84 Å². The fourth-order valence-electron chi connectivity index (χ4n) is 1.83. The quantitative estimate of drug-likeness (QED) is 0.758. The van der Waals surface area contributed by atoms with Crippen molar-refractivity contribution in [1.82, 2.24) is 10.3 Å². The molecule has 1 aromatic rings. The first-order valence-electron chi connectivity index (χ1n) is 4.84. The highest BCUT2D eigenvalue weighted by molar-refractivity contribution is 7.91. The minimum atomic E-state index is -2.84. The van der Waals surface area contributed by atoms with E-state index in [2.05, 4.69) is 14.9 Å². The zero-order valence-corrected chi connectivity index (χ0v) is 9.03. The molecule has 1 saturated heterocycles. The van der Waals surface area contributed by atoms with Gasteiger partial charge in [-0.05, 0) is 12.8 Å². The minimum absolute atomic E-state index is 0.123. The fraction of sp³-hybridized carbons (Fsp3) is 0.750. The molecule has 2 rings (SSSR count). The smallest absolute Gasteiger partial charge is 0.150 e. The third-order valence-electron chi connectivity index (χ3n) is 2.72. The van der Waals surface area contributed by atoms with Crippen molar-refractivity contribution >= 4 is 9.84 Å². The Morgan fingerprint density at radius 3 is 2.60 bits per heavy atom. The lowest BCUT2D eigenvalue weighted by Gasteiger charge is -2.19. The Kier molecular flexibility index (Phi) is 2.74. The molecule has 84 valence electrons. The van der Waals surface area contributed by atoms with Crippen LogP contribution < -0.4 is 5.73 Å². The van der Waals surface area contributed by atoms with Crippen molar-refractivity contribution in [3.63, 3.8) is 0 Å². The predicted octanol–water partition coefficient (Wildman–Crippen LogP) is -0.180. The van der Waals surface area contributed by atoms with Gasteiger partial charge in [-0.1, -0.05) is 10.3 Å². The molecule has 1 aromatic heterocycles. The summed E-state index contributed by atoms with van der Waals surface area (Å²) in [5, 5.41) is 7.48. The highest BCUT2D eigenvalue weighted by Crippen LogP contribution is 2.29. The first kappa shape index (κ1) is 10.6. The zero-order chi connectivity index (χ0) is 10.9. The SMILES string of the molecule is NCc1nonc1C1CCS(=O)(=O)CC1. The Bertz CT molecular complexity index is 426. The van der Waals surface area contributed by atoms with Crippen molar-refractivity contribution in [2.24, 2.45) is 5.73 Å². The van der Waals surface area contributed by atoms with E-state index >= 15 is 0 Å². The number of sulfone groups is 1. The molecule has 1 aliphatic heterocycles. The first-order valence-corrected chi connectivity index (χ1v) is 6.66. The Morgan fingerprint density at radius 1 is 1.33 bits per heavy atom. The Labute approximate surface area is 87.7 Å². The molecule has 2 N–H and O–H groups in total. The summed E-state index contributed by atoms with van der Waals surface area (Å²) in [7, 11) is -2.84. The van der Waals surface area contributed by atoms with Crippen molar-refractivity contribution in [1.29, 1.82) is 0 Å². The molecular weight excluding hydrogens is 218 g/mol. The van der Waals surface area contributed by atoms with Crippen molar-refractivity contribution in [2.75, 3.05) is 11.5 Å². The van der Waals surface area contributed by atoms with Gasteiger partial charge in [-0.2, -0.15) is 0 Å². The summed E-state index contributed by atoms with van der Waals surface area (Å²) in [6, 6.07) is 0. The number of nitrogens with two attached hydrogens (primary N) is 1. The van der Waals surface area contributed by atoms with Gasteiger partial charge >= 0.3 is 0 Å². The van der Waals surface area contributed by atoms with Crippen LogP contribution in [-0.2, 0) is 16.4 Å². The Morgan fingerprint density at radius 2 is 2.00 bits per heavy atom. The van der Waals surface area contributed by atoms with Gasteiger partial charge in [0.1, 0.15) is 21.2 Å². The van der Waals surface area contributed by atoms with Crippen LogP contribution in [0, 0.1) is 0 Å². The molecule has 15 heavy (non-hydrogen) atoms. The van der Waals surface area contributed by atoms with Crippen LogP contribution in [0.3, 0.4) is 0 Å². The van der Waals surface area contributed by atoms with Crippen LogP contribution in [0.2, 0.25) is 0 Å². The molecule has 0 radical (unpaired) electrons. The van der Waals surface area contributed by atoms with E-state index in [1.807, 2.05) is 0 Å². The van der Waals surface area contributed by atoms with E-state index in [1.165, 1.54) is 0 Å². The van der Waals surface area contributed by atoms with Crippen molar-refractivity contribution in [2.45, 2.75) is 25.3 Å². The zero-order valence-electron chi connectivity index (χ0n) is 8.22. The summed E-state index contributed by atoms with van der Waals surface area (Å²) in [5.74, 6) is 0.557. The third kappa shape index (κ3) is 2.18. The number of aromatic nitrogens is 2. The lowest BCUT2D eigenvalue weighted by atomic mass is 9.97. The molecule has 0 aromatic carbocycles. The van der Waals surface area contributed by atoms with Gasteiger partial charge in [0.2, 0.25) is 0 Å². The maximum atomic E-state index is 11.2. The highest BCUT2D eigenvalue weighted by atomic mass is 32.2. The van der Waals surface area contributed by atoms with Gasteiger partial charge in [-0.15, -0.1) is 0 Å². The summed E-state index contributed by atoms with van der Waals surface area (Å²) in [5.41, 5.74) is 6.84. The highest BCUT2D eigenvalue weighted by Gasteiger charge is 2.28. The standard InChI is InChI=1S/C8H13N3O3S/c9-5-7-8(11-14-10-7)6-1-3-15(12,13)4-2-6/h6H,1-5,9H2. The molecular formula is C8H13N3O3S. The second-order valence-corrected chi connectivity index (χ2v) is 6.03. The molecule has 0 bridgehead atoms. The van der Waals surface area contributed by atoms with Crippen molar-refractivity contribution in [3.8, 4) is 0 Å². The molecule has 0 spiro atoms. The lowest BCUT2D eigenvalue weighted by Crippen LogP contribution is -2.23.